The van der Waals surface area contributed by atoms with Crippen LogP contribution in [0.15, 0.2) is 16.6 Å². The van der Waals surface area contributed by atoms with Crippen molar-refractivity contribution in [1.82, 2.24) is 0 Å². The summed E-state index contributed by atoms with van der Waals surface area (Å²) < 4.78 is 0.979. The Hall–Kier alpha value is -0.670. The minimum Gasteiger partial charge on any atom is -0.321 e. The third-order valence-corrected chi connectivity index (χ3v) is 3.32. The molecule has 2 rings (SSSR count). The average molecular weight is 268 g/mol. The quantitative estimate of drug-likeness (QED) is 0.837. The van der Waals surface area contributed by atoms with Crippen molar-refractivity contribution >= 4 is 21.7 Å². The monoisotopic (exact) mass is 267 g/mol. The molecule has 80 valence electrons. The van der Waals surface area contributed by atoms with Crippen molar-refractivity contribution < 1.29 is 4.79 Å². The number of aryl methyl sites for hydroxylation is 1. The van der Waals surface area contributed by atoms with E-state index in [2.05, 4.69) is 22.0 Å². The first-order valence-electron chi connectivity index (χ1n) is 5.20. The van der Waals surface area contributed by atoms with Crippen LogP contribution in [0.2, 0.25) is 0 Å². The molecule has 0 heterocycles. The molecule has 1 aliphatic rings. The van der Waals surface area contributed by atoms with E-state index in [9.17, 15) is 4.79 Å². The van der Waals surface area contributed by atoms with Gasteiger partial charge in [0.15, 0.2) is 5.78 Å². The summed E-state index contributed by atoms with van der Waals surface area (Å²) in [6, 6.07) is 3.60. The number of hydrogen-bond acceptors (Lipinski definition) is 2. The molecule has 0 aromatic heterocycles. The number of rotatable bonds is 2. The van der Waals surface area contributed by atoms with Gasteiger partial charge in [-0.2, -0.15) is 0 Å². The molecule has 1 aromatic carbocycles. The summed E-state index contributed by atoms with van der Waals surface area (Å²) >= 11 is 3.44. The van der Waals surface area contributed by atoms with Gasteiger partial charge in [-0.25, -0.2) is 0 Å². The summed E-state index contributed by atoms with van der Waals surface area (Å²) in [5, 5.41) is 0. The molecule has 0 aliphatic heterocycles. The second-order valence-corrected chi connectivity index (χ2v) is 5.01. The third kappa shape index (κ3) is 1.99. The van der Waals surface area contributed by atoms with Gasteiger partial charge in [-0.1, -0.05) is 15.9 Å². The number of Topliss-reactive ketones (excluding diaryl/α,β-unsaturated/α-hetero) is 1. The van der Waals surface area contributed by atoms with E-state index in [1.165, 1.54) is 11.1 Å². The Labute approximate surface area is 98.0 Å². The van der Waals surface area contributed by atoms with E-state index in [0.717, 1.165) is 29.3 Å². The molecule has 0 amide bonds. The van der Waals surface area contributed by atoms with Crippen molar-refractivity contribution in [2.75, 3.05) is 0 Å². The van der Waals surface area contributed by atoms with E-state index in [1.54, 1.807) is 6.92 Å². The Balaban J connectivity index is 2.51. The van der Waals surface area contributed by atoms with E-state index in [-0.39, 0.29) is 5.78 Å². The molecule has 1 aliphatic carbocycles. The predicted molar refractivity (Wildman–Crippen MR) is 64.1 cm³/mol. The number of halogens is 1. The molecular weight excluding hydrogens is 254 g/mol. The van der Waals surface area contributed by atoms with Crippen molar-refractivity contribution in [1.29, 1.82) is 0 Å². The highest BCUT2D eigenvalue weighted by molar-refractivity contribution is 9.10. The third-order valence-electron chi connectivity index (χ3n) is 2.86. The zero-order valence-electron chi connectivity index (χ0n) is 8.72. The number of ketones is 1. The molecule has 2 nitrogen and oxygen atoms in total. The lowest BCUT2D eigenvalue weighted by Crippen LogP contribution is -2.27. The number of nitrogens with two attached hydrogens (primary N) is 1. The lowest BCUT2D eigenvalue weighted by molar-refractivity contribution is 0.0967. The van der Waals surface area contributed by atoms with Crippen LogP contribution in [-0.4, -0.2) is 11.8 Å². The van der Waals surface area contributed by atoms with Gasteiger partial charge in [-0.05, 0) is 49.4 Å². The zero-order chi connectivity index (χ0) is 11.0. The van der Waals surface area contributed by atoms with Crippen molar-refractivity contribution in [2.45, 2.75) is 32.2 Å². The molecule has 15 heavy (non-hydrogen) atoms. The summed E-state index contributed by atoms with van der Waals surface area (Å²) in [6.45, 7) is 1.74. The summed E-state index contributed by atoms with van der Waals surface area (Å²) in [4.78, 5) is 11.9. The Bertz CT molecular complexity index is 412. The van der Waals surface area contributed by atoms with Gasteiger partial charge in [-0.15, -0.1) is 0 Å². The summed E-state index contributed by atoms with van der Waals surface area (Å²) in [6.07, 6.45) is 3.23. The number of benzene rings is 1. The number of carbonyl (C=O) groups is 1. The van der Waals surface area contributed by atoms with Crippen molar-refractivity contribution in [3.63, 3.8) is 0 Å². The first-order valence-corrected chi connectivity index (χ1v) is 6.00. The first-order chi connectivity index (χ1) is 7.09. The standard InChI is InChI=1S/C12H14BrNO/c1-7(14)12(15)11-6-9(13)5-8-3-2-4-10(8)11/h5-7H,2-4,14H2,1H3. The fourth-order valence-electron chi connectivity index (χ4n) is 2.13. The molecular formula is C12H14BrNO. The van der Waals surface area contributed by atoms with Gasteiger partial charge in [0.05, 0.1) is 6.04 Å². The highest BCUT2D eigenvalue weighted by atomic mass is 79.9. The highest BCUT2D eigenvalue weighted by Gasteiger charge is 2.21. The van der Waals surface area contributed by atoms with Crippen LogP contribution in [0.1, 0.15) is 34.8 Å². The fraction of sp³-hybridized carbons (Fsp3) is 0.417. The Morgan fingerprint density at radius 2 is 2.20 bits per heavy atom. The maximum atomic E-state index is 11.9. The molecule has 0 fully saturated rings. The van der Waals surface area contributed by atoms with Crippen LogP contribution >= 0.6 is 15.9 Å². The first kappa shape index (κ1) is 10.8. The number of carbonyl (C=O) groups excluding carboxylic acids is 1. The molecule has 0 saturated heterocycles. The van der Waals surface area contributed by atoms with Crippen molar-refractivity contribution in [3.05, 3.63) is 33.3 Å². The summed E-state index contributed by atoms with van der Waals surface area (Å²) in [7, 11) is 0. The molecule has 0 saturated carbocycles. The van der Waals surface area contributed by atoms with E-state index in [4.69, 9.17) is 5.73 Å². The number of hydrogen-bond donors (Lipinski definition) is 1. The van der Waals surface area contributed by atoms with Crippen molar-refractivity contribution in [3.8, 4) is 0 Å². The van der Waals surface area contributed by atoms with Crippen LogP contribution in [0, 0.1) is 0 Å². The van der Waals surface area contributed by atoms with Gasteiger partial charge in [0.1, 0.15) is 0 Å². The van der Waals surface area contributed by atoms with Crippen LogP contribution in [0.4, 0.5) is 0 Å². The molecule has 0 bridgehead atoms. The van der Waals surface area contributed by atoms with E-state index < -0.39 is 6.04 Å². The minimum absolute atomic E-state index is 0.0504. The molecule has 1 unspecified atom stereocenters. The zero-order valence-corrected chi connectivity index (χ0v) is 10.3. The van der Waals surface area contributed by atoms with Gasteiger partial charge in [0, 0.05) is 10.0 Å². The van der Waals surface area contributed by atoms with Gasteiger partial charge in [0.25, 0.3) is 0 Å². The SMILES string of the molecule is CC(N)C(=O)c1cc(Br)cc2c1CCC2. The largest absolute Gasteiger partial charge is 0.321 e. The van der Waals surface area contributed by atoms with Crippen LogP contribution in [0.25, 0.3) is 0 Å². The highest BCUT2D eigenvalue weighted by Crippen LogP contribution is 2.29. The molecule has 1 aromatic rings. The average Bonchev–Trinajstić information content (AvgIpc) is 2.62. The lowest BCUT2D eigenvalue weighted by atomic mass is 9.97. The van der Waals surface area contributed by atoms with Crippen LogP contribution < -0.4 is 5.73 Å². The predicted octanol–water partition coefficient (Wildman–Crippen LogP) is 2.47. The van der Waals surface area contributed by atoms with E-state index >= 15 is 0 Å². The smallest absolute Gasteiger partial charge is 0.179 e. The maximum absolute atomic E-state index is 11.9. The van der Waals surface area contributed by atoms with Gasteiger partial charge in [0.2, 0.25) is 0 Å². The van der Waals surface area contributed by atoms with Crippen LogP contribution in [-0.2, 0) is 12.8 Å². The number of fused-ring (bicyclic) bond motifs is 1. The molecule has 0 radical (unpaired) electrons. The maximum Gasteiger partial charge on any atom is 0.179 e. The van der Waals surface area contributed by atoms with Crippen LogP contribution in [0.3, 0.4) is 0 Å². The molecule has 0 spiro atoms. The molecule has 3 heteroatoms. The summed E-state index contributed by atoms with van der Waals surface area (Å²) in [5.41, 5.74) is 8.97. The Morgan fingerprint density at radius 1 is 1.47 bits per heavy atom. The van der Waals surface area contributed by atoms with Gasteiger partial charge < -0.3 is 5.73 Å². The van der Waals surface area contributed by atoms with Crippen LogP contribution in [0.5, 0.6) is 0 Å². The fourth-order valence-corrected chi connectivity index (χ4v) is 2.64. The van der Waals surface area contributed by atoms with Crippen molar-refractivity contribution in [2.24, 2.45) is 5.73 Å². The second kappa shape index (κ2) is 4.06. The van der Waals surface area contributed by atoms with Gasteiger partial charge >= 0.3 is 0 Å². The Kier molecular flexibility index (Phi) is 2.94. The lowest BCUT2D eigenvalue weighted by Gasteiger charge is -2.10. The van der Waals surface area contributed by atoms with E-state index in [1.807, 2.05) is 6.07 Å². The minimum atomic E-state index is -0.413. The molecule has 1 atom stereocenters. The second-order valence-electron chi connectivity index (χ2n) is 4.10. The Morgan fingerprint density at radius 3 is 2.87 bits per heavy atom. The summed E-state index contributed by atoms with van der Waals surface area (Å²) in [5.74, 6) is 0.0504. The van der Waals surface area contributed by atoms with E-state index in [0.29, 0.717) is 0 Å². The molecule has 2 N–H and O–H groups in total. The normalized spacial score (nSPS) is 16.2. The topological polar surface area (TPSA) is 43.1 Å². The van der Waals surface area contributed by atoms with Gasteiger partial charge in [-0.3, -0.25) is 4.79 Å².